The Balaban J connectivity index is 1.82. The predicted molar refractivity (Wildman–Crippen MR) is 94.8 cm³/mol. The highest BCUT2D eigenvalue weighted by molar-refractivity contribution is 7.89. The Morgan fingerprint density at radius 2 is 1.96 bits per heavy atom. The summed E-state index contributed by atoms with van der Waals surface area (Å²) < 4.78 is 23.7. The molecule has 5 heteroatoms. The molecule has 3 aliphatic rings. The van der Waals surface area contributed by atoms with Crippen molar-refractivity contribution >= 4 is 16.8 Å². The molecule has 2 fully saturated rings. The molecule has 4 nitrogen and oxygen atoms in total. The number of esters is 1. The van der Waals surface area contributed by atoms with Crippen molar-refractivity contribution in [3.05, 3.63) is 11.0 Å². The molecule has 0 aromatic heterocycles. The molecule has 0 aromatic carbocycles. The van der Waals surface area contributed by atoms with Crippen LogP contribution in [0.3, 0.4) is 0 Å². The second-order valence-electron chi connectivity index (χ2n) is 8.40. The summed E-state index contributed by atoms with van der Waals surface area (Å²) in [4.78, 5) is 12.9. The first-order valence-corrected chi connectivity index (χ1v) is 10.2. The van der Waals surface area contributed by atoms with Gasteiger partial charge in [-0.1, -0.05) is 20.8 Å². The van der Waals surface area contributed by atoms with Gasteiger partial charge in [0.25, 0.3) is 0 Å². The highest BCUT2D eigenvalue weighted by Crippen LogP contribution is 2.67. The lowest BCUT2D eigenvalue weighted by Gasteiger charge is -2.39. The third kappa shape index (κ3) is 2.50. The second kappa shape index (κ2) is 6.24. The number of hydrogen-bond acceptors (Lipinski definition) is 4. The van der Waals surface area contributed by atoms with Gasteiger partial charge in [-0.3, -0.25) is 9.00 Å². The molecule has 0 aromatic rings. The molecule has 0 aliphatic heterocycles. The van der Waals surface area contributed by atoms with E-state index in [1.54, 1.807) is 7.11 Å². The summed E-state index contributed by atoms with van der Waals surface area (Å²) in [6, 6.07) is 0. The van der Waals surface area contributed by atoms with E-state index in [4.69, 9.17) is 9.47 Å². The Hall–Kier alpha value is -0.680. The molecule has 2 bridgehead atoms. The smallest absolute Gasteiger partial charge is 0.311 e. The van der Waals surface area contributed by atoms with Crippen molar-refractivity contribution in [2.75, 3.05) is 14.2 Å². The molecule has 136 valence electrons. The van der Waals surface area contributed by atoms with Crippen molar-refractivity contribution in [2.45, 2.75) is 64.2 Å². The minimum atomic E-state index is -0.991. The van der Waals surface area contributed by atoms with Crippen LogP contribution in [0.15, 0.2) is 11.0 Å². The van der Waals surface area contributed by atoms with Gasteiger partial charge in [0, 0.05) is 17.3 Å². The molecule has 3 aliphatic carbocycles. The van der Waals surface area contributed by atoms with Crippen LogP contribution in [0.5, 0.6) is 0 Å². The second-order valence-corrected chi connectivity index (χ2v) is 10.1. The molecule has 0 saturated heterocycles. The maximum absolute atomic E-state index is 13.4. The van der Waals surface area contributed by atoms with Gasteiger partial charge in [0.15, 0.2) is 0 Å². The zero-order valence-electron chi connectivity index (χ0n) is 15.5. The molecule has 3 rings (SSSR count). The minimum Gasteiger partial charge on any atom is -0.469 e. The Morgan fingerprint density at radius 3 is 2.46 bits per heavy atom. The number of carbonyl (C=O) groups is 1. The van der Waals surface area contributed by atoms with E-state index in [1.165, 1.54) is 20.0 Å². The summed E-state index contributed by atoms with van der Waals surface area (Å²) in [5.74, 6) is 0.158. The van der Waals surface area contributed by atoms with E-state index < -0.39 is 10.8 Å². The van der Waals surface area contributed by atoms with Gasteiger partial charge in [-0.2, -0.15) is 0 Å². The first-order chi connectivity index (χ1) is 11.3. The van der Waals surface area contributed by atoms with Crippen molar-refractivity contribution in [1.82, 2.24) is 0 Å². The number of methoxy groups -OCH3 is 2. The van der Waals surface area contributed by atoms with Crippen LogP contribution in [0.4, 0.5) is 0 Å². The van der Waals surface area contributed by atoms with Crippen molar-refractivity contribution < 1.29 is 18.5 Å². The van der Waals surface area contributed by atoms with Gasteiger partial charge in [-0.05, 0) is 54.9 Å². The zero-order chi connectivity index (χ0) is 17.7. The maximum atomic E-state index is 13.4. The van der Waals surface area contributed by atoms with Gasteiger partial charge in [0.1, 0.15) is 0 Å². The summed E-state index contributed by atoms with van der Waals surface area (Å²) >= 11 is 0. The fourth-order valence-corrected chi connectivity index (χ4v) is 7.54. The largest absolute Gasteiger partial charge is 0.469 e. The van der Waals surface area contributed by atoms with E-state index in [0.717, 1.165) is 11.3 Å². The lowest BCUT2D eigenvalue weighted by Crippen LogP contribution is -2.39. The van der Waals surface area contributed by atoms with Gasteiger partial charge in [-0.15, -0.1) is 0 Å². The van der Waals surface area contributed by atoms with E-state index in [2.05, 4.69) is 20.8 Å². The van der Waals surface area contributed by atoms with Crippen LogP contribution in [0.2, 0.25) is 0 Å². The topological polar surface area (TPSA) is 52.6 Å². The molecule has 0 unspecified atom stereocenters. The number of allylic oxidation sites excluding steroid dienone is 1. The number of fused-ring (bicyclic) bond motifs is 2. The highest BCUT2D eigenvalue weighted by atomic mass is 32.2. The molecular formula is C19H30O4S. The van der Waals surface area contributed by atoms with E-state index in [1.807, 2.05) is 6.08 Å². The number of hydrogen-bond donors (Lipinski definition) is 0. The van der Waals surface area contributed by atoms with E-state index in [9.17, 15) is 9.00 Å². The summed E-state index contributed by atoms with van der Waals surface area (Å²) in [6.07, 6.45) is 6.45. The average Bonchev–Trinajstić information content (AvgIpc) is 2.92. The Morgan fingerprint density at radius 1 is 1.25 bits per heavy atom. The molecule has 6 atom stereocenters. The third-order valence-electron chi connectivity index (χ3n) is 7.46. The van der Waals surface area contributed by atoms with Crippen molar-refractivity contribution in [3.63, 3.8) is 0 Å². The zero-order valence-corrected chi connectivity index (χ0v) is 16.3. The maximum Gasteiger partial charge on any atom is 0.311 e. The Bertz CT molecular complexity index is 582. The first kappa shape index (κ1) is 18.1. The highest BCUT2D eigenvalue weighted by Gasteiger charge is 2.63. The van der Waals surface area contributed by atoms with Crippen LogP contribution in [0.1, 0.15) is 52.9 Å². The average molecular weight is 355 g/mol. The Kier molecular flexibility index (Phi) is 4.71. The van der Waals surface area contributed by atoms with Gasteiger partial charge in [0.05, 0.1) is 29.9 Å². The molecule has 0 radical (unpaired) electrons. The fourth-order valence-electron chi connectivity index (χ4n) is 5.28. The molecular weight excluding hydrogens is 324 g/mol. The standard InChI is InChI=1S/C19H30O4S/c1-18(2)12-8-9-19(18,3)16(10-12)24(21)13-6-7-14(17(20)23-5)15(11-13)22-4/h11-12,14-16H,6-10H2,1-5H3/t12-,14+,15-,16-,19+,24-/m0/s1. The Labute approximate surface area is 147 Å². The van der Waals surface area contributed by atoms with Crippen molar-refractivity contribution in [2.24, 2.45) is 22.7 Å². The van der Waals surface area contributed by atoms with Gasteiger partial charge in [-0.25, -0.2) is 0 Å². The van der Waals surface area contributed by atoms with Crippen LogP contribution < -0.4 is 0 Å². The summed E-state index contributed by atoms with van der Waals surface area (Å²) in [5.41, 5.74) is 0.406. The van der Waals surface area contributed by atoms with Crippen LogP contribution in [0, 0.1) is 22.7 Å². The van der Waals surface area contributed by atoms with E-state index >= 15 is 0 Å². The summed E-state index contributed by atoms with van der Waals surface area (Å²) in [6.45, 7) is 7.03. The molecule has 0 spiro atoms. The van der Waals surface area contributed by atoms with Crippen LogP contribution >= 0.6 is 0 Å². The predicted octanol–water partition coefficient (Wildman–Crippen LogP) is 3.43. The minimum absolute atomic E-state index is 0.144. The van der Waals surface area contributed by atoms with Crippen molar-refractivity contribution in [3.8, 4) is 0 Å². The van der Waals surface area contributed by atoms with Gasteiger partial charge >= 0.3 is 5.97 Å². The van der Waals surface area contributed by atoms with Crippen LogP contribution in [-0.2, 0) is 25.1 Å². The number of carbonyl (C=O) groups excluding carboxylic acids is 1. The lowest BCUT2D eigenvalue weighted by molar-refractivity contribution is -0.149. The normalized spacial score (nSPS) is 41.8. The third-order valence-corrected chi connectivity index (χ3v) is 9.54. The summed E-state index contributed by atoms with van der Waals surface area (Å²) in [7, 11) is 2.02. The van der Waals surface area contributed by atoms with Crippen LogP contribution in [0.25, 0.3) is 0 Å². The first-order valence-electron chi connectivity index (χ1n) is 8.98. The van der Waals surface area contributed by atoms with Crippen molar-refractivity contribution in [1.29, 1.82) is 0 Å². The van der Waals surface area contributed by atoms with E-state index in [-0.39, 0.29) is 34.1 Å². The summed E-state index contributed by atoms with van der Waals surface area (Å²) in [5, 5.41) is 0.227. The molecule has 0 N–H and O–H groups in total. The number of rotatable bonds is 4. The van der Waals surface area contributed by atoms with Gasteiger partial charge < -0.3 is 9.47 Å². The van der Waals surface area contributed by atoms with E-state index in [0.29, 0.717) is 18.8 Å². The molecule has 2 saturated carbocycles. The quantitative estimate of drug-likeness (QED) is 0.726. The fraction of sp³-hybridized carbons (Fsp3) is 0.842. The van der Waals surface area contributed by atoms with Gasteiger partial charge in [0.2, 0.25) is 0 Å². The van der Waals surface area contributed by atoms with Crippen LogP contribution in [-0.4, -0.2) is 35.8 Å². The lowest BCUT2D eigenvalue weighted by atomic mass is 9.71. The molecule has 0 heterocycles. The molecule has 24 heavy (non-hydrogen) atoms. The SMILES string of the molecule is COC(=O)[C@@H]1CCC([S@](=O)[C@H]2C[C@@H]3CC[C@@]2(C)C3(C)C)=C[C@@H]1OC. The molecule has 0 amide bonds. The number of ether oxygens (including phenoxy) is 2. The monoisotopic (exact) mass is 354 g/mol.